The van der Waals surface area contributed by atoms with E-state index in [1.54, 1.807) is 0 Å². The molecule has 0 saturated heterocycles. The summed E-state index contributed by atoms with van der Waals surface area (Å²) in [5, 5.41) is 7.34. The molecule has 316 valence electrons. The lowest BCUT2D eigenvalue weighted by Crippen LogP contribution is -2.13. The molecule has 0 radical (unpaired) electrons. The molecule has 0 N–H and O–H groups in total. The highest BCUT2D eigenvalue weighted by Gasteiger charge is 2.27. The van der Waals surface area contributed by atoms with Gasteiger partial charge in [-0.25, -0.2) is 0 Å². The van der Waals surface area contributed by atoms with E-state index < -0.39 is 0 Å². The zero-order chi connectivity index (χ0) is 44.7. The van der Waals surface area contributed by atoms with Crippen LogP contribution < -0.4 is 14.5 Å². The van der Waals surface area contributed by atoms with Crippen molar-refractivity contribution in [2.75, 3.05) is 9.80 Å². The number of para-hydroxylation sites is 2. The zero-order valence-electron chi connectivity index (χ0n) is 38.5. The van der Waals surface area contributed by atoms with Gasteiger partial charge in [-0.2, -0.15) is 0 Å². The molecule has 0 amide bonds. The maximum atomic E-state index is 7.04. The van der Waals surface area contributed by atoms with E-state index >= 15 is 0 Å². The first-order valence-electron chi connectivity index (χ1n) is 22.7. The quantitative estimate of drug-likeness (QED) is 0.149. The molecule has 3 nitrogen and oxygen atoms in total. The van der Waals surface area contributed by atoms with Crippen molar-refractivity contribution in [3.63, 3.8) is 0 Å². The summed E-state index contributed by atoms with van der Waals surface area (Å²) in [6.07, 6.45) is 0. The van der Waals surface area contributed by atoms with Crippen LogP contribution in [0.3, 0.4) is 0 Å². The van der Waals surface area contributed by atoms with Crippen molar-refractivity contribution in [3.8, 4) is 33.8 Å². The second kappa shape index (κ2) is 15.6. The van der Waals surface area contributed by atoms with Gasteiger partial charge in [-0.1, -0.05) is 114 Å². The Balaban J connectivity index is 1.08. The monoisotopic (exact) mass is 840 g/mol. The average Bonchev–Trinajstić information content (AvgIpc) is 3.29. The lowest BCUT2D eigenvalue weighted by Gasteiger charge is -2.30. The lowest BCUT2D eigenvalue weighted by molar-refractivity contribution is 0.487. The van der Waals surface area contributed by atoms with Gasteiger partial charge < -0.3 is 14.5 Å². The number of rotatable bonds is 7. The minimum Gasteiger partial charge on any atom is -0.456 e. The largest absolute Gasteiger partial charge is 0.456 e. The Labute approximate surface area is 382 Å². The number of ether oxygens (including phenoxy) is 1. The van der Waals surface area contributed by atoms with E-state index in [0.717, 1.165) is 45.2 Å². The van der Waals surface area contributed by atoms with Crippen LogP contribution >= 0.6 is 0 Å². The number of benzene rings is 10. The second-order valence-corrected chi connectivity index (χ2v) is 18.3. The number of hydrogen-bond acceptors (Lipinski definition) is 3. The predicted molar refractivity (Wildman–Crippen MR) is 277 cm³/mol. The minimum atomic E-state index is 0.863. The van der Waals surface area contributed by atoms with E-state index in [4.69, 9.17) is 4.74 Å². The standard InChI is InChI=1S/C62H52N2O/c1-37-19-25-50-52(45-20-22-48(23-21-45)63(46-15-11-9-12-16-46)61-41(5)27-38(2)28-42(61)6)35-55-54(53(50)31-37)36-57-51-26-24-49(34-58(51)65-59-33-40(4)32-56(55)60(57)59)64(47-17-13-10-14-18-47)62-43(7)29-39(3)30-44(62)8/h9-36H,1-8H3. The fourth-order valence-electron chi connectivity index (χ4n) is 10.8. The molecule has 1 heterocycles. The van der Waals surface area contributed by atoms with Crippen molar-refractivity contribution in [1.29, 1.82) is 0 Å². The van der Waals surface area contributed by atoms with Crippen molar-refractivity contribution in [2.45, 2.75) is 55.4 Å². The summed E-state index contributed by atoms with van der Waals surface area (Å²) >= 11 is 0. The van der Waals surface area contributed by atoms with Crippen LogP contribution in [0.25, 0.3) is 54.6 Å². The molecular formula is C62H52N2O. The van der Waals surface area contributed by atoms with Gasteiger partial charge in [0.15, 0.2) is 0 Å². The molecule has 1 aliphatic heterocycles. The fraction of sp³-hybridized carbons (Fsp3) is 0.129. The summed E-state index contributed by atoms with van der Waals surface area (Å²) in [4.78, 5) is 4.78. The Kier molecular flexibility index (Phi) is 9.62. The zero-order valence-corrected chi connectivity index (χ0v) is 38.5. The van der Waals surface area contributed by atoms with Crippen LogP contribution in [0.1, 0.15) is 44.5 Å². The maximum Gasteiger partial charge on any atom is 0.137 e. The van der Waals surface area contributed by atoms with Gasteiger partial charge in [-0.3, -0.25) is 0 Å². The van der Waals surface area contributed by atoms with E-state index in [1.165, 1.54) is 99.5 Å². The smallest absolute Gasteiger partial charge is 0.137 e. The summed E-state index contributed by atoms with van der Waals surface area (Å²) in [6, 6.07) is 62.8. The molecule has 3 heteroatoms. The van der Waals surface area contributed by atoms with Gasteiger partial charge in [0, 0.05) is 39.8 Å². The van der Waals surface area contributed by atoms with Gasteiger partial charge in [-0.15, -0.1) is 0 Å². The Morgan fingerprint density at radius 3 is 1.38 bits per heavy atom. The SMILES string of the molecule is Cc1cc(C)c(N(c2ccccc2)c2ccc(-c3cc4c5cc(C)cc6c5c(cc4c4cc(C)ccc34)-c3ccc(N(c4ccccc4)c4c(C)cc(C)cc4C)cc3O6)cc2)c(C)c1. The maximum absolute atomic E-state index is 7.04. The molecule has 0 fully saturated rings. The number of aryl methyl sites for hydroxylation is 8. The molecular weight excluding hydrogens is 789 g/mol. The van der Waals surface area contributed by atoms with E-state index in [-0.39, 0.29) is 0 Å². The summed E-state index contributed by atoms with van der Waals surface area (Å²) in [6.45, 7) is 17.6. The molecule has 0 atom stereocenters. The van der Waals surface area contributed by atoms with Crippen LogP contribution in [0.4, 0.5) is 34.1 Å². The third kappa shape index (κ3) is 6.82. The number of anilines is 6. The summed E-state index contributed by atoms with van der Waals surface area (Å²) < 4.78 is 7.04. The first-order valence-corrected chi connectivity index (χ1v) is 22.7. The summed E-state index contributed by atoms with van der Waals surface area (Å²) in [5.74, 6) is 1.76. The fourth-order valence-corrected chi connectivity index (χ4v) is 10.8. The third-order valence-electron chi connectivity index (χ3n) is 13.3. The lowest BCUT2D eigenvalue weighted by atomic mass is 9.85. The Hall–Kier alpha value is -7.62. The van der Waals surface area contributed by atoms with Crippen LogP contribution in [-0.2, 0) is 0 Å². The summed E-state index contributed by atoms with van der Waals surface area (Å²) in [5.41, 5.74) is 21.5. The third-order valence-corrected chi connectivity index (χ3v) is 13.3. The van der Waals surface area contributed by atoms with Crippen LogP contribution in [0.5, 0.6) is 11.5 Å². The Bertz CT molecular complexity index is 3490. The van der Waals surface area contributed by atoms with Gasteiger partial charge in [-0.05, 0) is 194 Å². The molecule has 10 aromatic carbocycles. The molecule has 10 aromatic rings. The van der Waals surface area contributed by atoms with Crippen molar-refractivity contribution < 1.29 is 4.74 Å². The highest BCUT2D eigenvalue weighted by molar-refractivity contribution is 6.25. The number of nitrogens with zero attached hydrogens (tertiary/aromatic N) is 2. The van der Waals surface area contributed by atoms with Crippen LogP contribution in [0, 0.1) is 55.4 Å². The molecule has 0 bridgehead atoms. The molecule has 1 aliphatic rings. The molecule has 0 unspecified atom stereocenters. The van der Waals surface area contributed by atoms with Crippen molar-refractivity contribution >= 4 is 66.4 Å². The first kappa shape index (κ1) is 40.2. The van der Waals surface area contributed by atoms with Gasteiger partial charge in [0.1, 0.15) is 11.5 Å². The number of fused-ring (bicyclic) bond motifs is 6. The normalized spacial score (nSPS) is 11.8. The minimum absolute atomic E-state index is 0.863. The van der Waals surface area contributed by atoms with Gasteiger partial charge in [0.25, 0.3) is 0 Å². The molecule has 11 rings (SSSR count). The van der Waals surface area contributed by atoms with E-state index in [0.29, 0.717) is 0 Å². The number of hydrogen-bond donors (Lipinski definition) is 0. The molecule has 0 aliphatic carbocycles. The van der Waals surface area contributed by atoms with E-state index in [9.17, 15) is 0 Å². The predicted octanol–water partition coefficient (Wildman–Crippen LogP) is 18.0. The van der Waals surface area contributed by atoms with Crippen LogP contribution in [0.2, 0.25) is 0 Å². The Morgan fingerprint density at radius 1 is 0.308 bits per heavy atom. The molecule has 0 saturated carbocycles. The van der Waals surface area contributed by atoms with Gasteiger partial charge >= 0.3 is 0 Å². The molecule has 0 spiro atoms. The highest BCUT2D eigenvalue weighted by atomic mass is 16.5. The van der Waals surface area contributed by atoms with Crippen LogP contribution in [-0.4, -0.2) is 0 Å². The van der Waals surface area contributed by atoms with E-state index in [2.05, 4.69) is 235 Å². The van der Waals surface area contributed by atoms with Crippen molar-refractivity contribution in [3.05, 3.63) is 214 Å². The molecule has 0 aromatic heterocycles. The van der Waals surface area contributed by atoms with E-state index in [1.807, 2.05) is 0 Å². The first-order chi connectivity index (χ1) is 31.5. The topological polar surface area (TPSA) is 15.7 Å². The van der Waals surface area contributed by atoms with Gasteiger partial charge in [0.05, 0.1) is 11.4 Å². The summed E-state index contributed by atoms with van der Waals surface area (Å²) in [7, 11) is 0. The Morgan fingerprint density at radius 2 is 0.785 bits per heavy atom. The molecule has 65 heavy (non-hydrogen) atoms. The van der Waals surface area contributed by atoms with Gasteiger partial charge in [0.2, 0.25) is 0 Å². The second-order valence-electron chi connectivity index (χ2n) is 18.3. The van der Waals surface area contributed by atoms with Crippen molar-refractivity contribution in [2.24, 2.45) is 0 Å². The van der Waals surface area contributed by atoms with Crippen LogP contribution in [0.15, 0.2) is 170 Å². The highest BCUT2D eigenvalue weighted by Crippen LogP contribution is 2.53. The average molecular weight is 841 g/mol. The van der Waals surface area contributed by atoms with Crippen molar-refractivity contribution in [1.82, 2.24) is 0 Å².